The Balaban J connectivity index is 1.63. The molecule has 3 heterocycles. The summed E-state index contributed by atoms with van der Waals surface area (Å²) >= 11 is 0. The molecule has 6 nitrogen and oxygen atoms in total. The van der Waals surface area contributed by atoms with Gasteiger partial charge >= 0.3 is 0 Å². The number of nitrogen functional groups attached to an aromatic ring is 1. The fraction of sp³-hybridized carbons (Fsp3) is 0.316. The van der Waals surface area contributed by atoms with Gasteiger partial charge in [-0.15, -0.1) is 0 Å². The van der Waals surface area contributed by atoms with Crippen molar-refractivity contribution in [3.63, 3.8) is 0 Å². The lowest BCUT2D eigenvalue weighted by atomic mass is 10.0. The summed E-state index contributed by atoms with van der Waals surface area (Å²) in [7, 11) is 0. The van der Waals surface area contributed by atoms with Crippen molar-refractivity contribution in [2.45, 2.75) is 6.92 Å². The second-order valence-corrected chi connectivity index (χ2v) is 6.32. The Hall–Kier alpha value is -2.73. The number of rotatable bonds is 3. The summed E-state index contributed by atoms with van der Waals surface area (Å²) in [5, 5.41) is 0. The Kier molecular flexibility index (Phi) is 4.19. The third kappa shape index (κ3) is 3.13. The maximum absolute atomic E-state index is 6.03. The van der Waals surface area contributed by atoms with Crippen molar-refractivity contribution in [2.24, 2.45) is 0 Å². The molecule has 25 heavy (non-hydrogen) atoms. The molecule has 1 aliphatic rings. The van der Waals surface area contributed by atoms with Gasteiger partial charge in [0.1, 0.15) is 5.82 Å². The van der Waals surface area contributed by atoms with Crippen molar-refractivity contribution in [2.75, 3.05) is 43.4 Å². The van der Waals surface area contributed by atoms with Gasteiger partial charge < -0.3 is 15.5 Å². The molecule has 4 rings (SSSR count). The van der Waals surface area contributed by atoms with Crippen molar-refractivity contribution in [1.29, 1.82) is 0 Å². The van der Waals surface area contributed by atoms with Crippen LogP contribution in [0, 0.1) is 0 Å². The Morgan fingerprint density at radius 1 is 1.00 bits per heavy atom. The van der Waals surface area contributed by atoms with Gasteiger partial charge in [0.15, 0.2) is 0 Å². The van der Waals surface area contributed by atoms with Crippen LogP contribution in [0.4, 0.5) is 11.5 Å². The van der Waals surface area contributed by atoms with E-state index in [2.05, 4.69) is 43.8 Å². The molecule has 0 spiro atoms. The fourth-order valence-electron chi connectivity index (χ4n) is 3.34. The van der Waals surface area contributed by atoms with Crippen LogP contribution in [0.2, 0.25) is 0 Å². The zero-order valence-corrected chi connectivity index (χ0v) is 14.4. The van der Waals surface area contributed by atoms with Gasteiger partial charge in [0, 0.05) is 61.6 Å². The Morgan fingerprint density at radius 2 is 1.80 bits per heavy atom. The average molecular weight is 334 g/mol. The first-order valence-electron chi connectivity index (χ1n) is 8.68. The number of likely N-dealkylation sites (N-methyl/N-ethyl adjacent to an activating group) is 1. The van der Waals surface area contributed by atoms with E-state index in [4.69, 9.17) is 5.73 Å². The first-order valence-corrected chi connectivity index (χ1v) is 8.68. The van der Waals surface area contributed by atoms with Crippen molar-refractivity contribution in [3.8, 4) is 11.1 Å². The van der Waals surface area contributed by atoms with Gasteiger partial charge in [-0.1, -0.05) is 6.92 Å². The summed E-state index contributed by atoms with van der Waals surface area (Å²) in [6.45, 7) is 7.55. The summed E-state index contributed by atoms with van der Waals surface area (Å²) in [6.07, 6.45) is 5.30. The number of hydrogen-bond donors (Lipinski definition) is 1. The molecular weight excluding hydrogens is 312 g/mol. The molecule has 0 aliphatic carbocycles. The van der Waals surface area contributed by atoms with Gasteiger partial charge in [-0.25, -0.2) is 4.98 Å². The number of anilines is 2. The van der Waals surface area contributed by atoms with Crippen LogP contribution in [0.15, 0.2) is 42.9 Å². The highest BCUT2D eigenvalue weighted by atomic mass is 15.3. The zero-order valence-electron chi connectivity index (χ0n) is 14.4. The topological polar surface area (TPSA) is 71.2 Å². The highest BCUT2D eigenvalue weighted by Crippen LogP contribution is 2.29. The normalized spacial score (nSPS) is 15.6. The second kappa shape index (κ2) is 6.64. The van der Waals surface area contributed by atoms with Crippen LogP contribution in [0.1, 0.15) is 6.92 Å². The van der Waals surface area contributed by atoms with Crippen LogP contribution in [-0.2, 0) is 0 Å². The molecular formula is C19H22N6. The molecule has 1 aromatic carbocycles. The van der Waals surface area contributed by atoms with Gasteiger partial charge in [-0.05, 0) is 30.8 Å². The third-order valence-electron chi connectivity index (χ3n) is 4.80. The highest BCUT2D eigenvalue weighted by molar-refractivity contribution is 5.94. The number of fused-ring (bicyclic) bond motifs is 1. The highest BCUT2D eigenvalue weighted by Gasteiger charge is 2.17. The predicted molar refractivity (Wildman–Crippen MR) is 102 cm³/mol. The smallest absolute Gasteiger partial charge is 0.128 e. The van der Waals surface area contributed by atoms with Crippen LogP contribution < -0.4 is 10.6 Å². The standard InChI is InChI=1S/C19H22N6/c1-2-24-7-9-25(10-8-24)18-4-3-14(13-23-18)16-11-15(20)12-17-19(16)22-6-5-21-17/h3-6,11-13H,2,7-10,20H2,1H3. The van der Waals surface area contributed by atoms with E-state index in [-0.39, 0.29) is 0 Å². The Bertz CT molecular complexity index is 869. The summed E-state index contributed by atoms with van der Waals surface area (Å²) in [5.41, 5.74) is 10.3. The molecule has 0 saturated carbocycles. The average Bonchev–Trinajstić information content (AvgIpc) is 2.67. The van der Waals surface area contributed by atoms with Crippen molar-refractivity contribution in [3.05, 3.63) is 42.9 Å². The molecule has 0 amide bonds. The molecule has 3 aromatic rings. The first-order chi connectivity index (χ1) is 12.2. The van der Waals surface area contributed by atoms with Crippen molar-refractivity contribution in [1.82, 2.24) is 19.9 Å². The predicted octanol–water partition coefficient (Wildman–Crippen LogP) is 2.42. The molecule has 6 heteroatoms. The maximum Gasteiger partial charge on any atom is 0.128 e. The summed E-state index contributed by atoms with van der Waals surface area (Å²) < 4.78 is 0. The molecule has 0 atom stereocenters. The van der Waals surface area contributed by atoms with Crippen LogP contribution in [0.25, 0.3) is 22.2 Å². The van der Waals surface area contributed by atoms with Crippen LogP contribution >= 0.6 is 0 Å². The lowest BCUT2D eigenvalue weighted by Gasteiger charge is -2.34. The third-order valence-corrected chi connectivity index (χ3v) is 4.80. The molecule has 0 bridgehead atoms. The monoisotopic (exact) mass is 334 g/mol. The van der Waals surface area contributed by atoms with Crippen LogP contribution in [-0.4, -0.2) is 52.6 Å². The largest absolute Gasteiger partial charge is 0.399 e. The molecule has 1 aliphatic heterocycles. The molecule has 1 saturated heterocycles. The summed E-state index contributed by atoms with van der Waals surface area (Å²) in [5.74, 6) is 1.03. The van der Waals surface area contributed by atoms with E-state index >= 15 is 0 Å². The van der Waals surface area contributed by atoms with E-state index in [1.54, 1.807) is 12.4 Å². The minimum absolute atomic E-state index is 0.683. The number of aromatic nitrogens is 3. The van der Waals surface area contributed by atoms with Gasteiger partial charge in [0.2, 0.25) is 0 Å². The van der Waals surface area contributed by atoms with Gasteiger partial charge in [0.05, 0.1) is 11.0 Å². The summed E-state index contributed by atoms with van der Waals surface area (Å²) in [4.78, 5) is 18.3. The first kappa shape index (κ1) is 15.8. The minimum Gasteiger partial charge on any atom is -0.399 e. The number of piperazine rings is 1. The molecule has 2 N–H and O–H groups in total. The zero-order chi connectivity index (χ0) is 17.2. The number of hydrogen-bond acceptors (Lipinski definition) is 6. The number of benzene rings is 1. The minimum atomic E-state index is 0.683. The quantitative estimate of drug-likeness (QED) is 0.742. The van der Waals surface area contributed by atoms with Gasteiger partial charge in [-0.2, -0.15) is 0 Å². The lowest BCUT2D eigenvalue weighted by Crippen LogP contribution is -2.46. The van der Waals surface area contributed by atoms with E-state index in [0.29, 0.717) is 5.69 Å². The number of nitrogens with two attached hydrogens (primary N) is 1. The molecule has 128 valence electrons. The van der Waals surface area contributed by atoms with Gasteiger partial charge in [-0.3, -0.25) is 9.97 Å². The van der Waals surface area contributed by atoms with E-state index in [1.165, 1.54) is 0 Å². The maximum atomic E-state index is 6.03. The van der Waals surface area contributed by atoms with Crippen LogP contribution in [0.3, 0.4) is 0 Å². The SMILES string of the molecule is CCN1CCN(c2ccc(-c3cc(N)cc4nccnc34)cn2)CC1. The van der Waals surface area contributed by atoms with Crippen molar-refractivity contribution >= 4 is 22.5 Å². The van der Waals surface area contributed by atoms with Gasteiger partial charge in [0.25, 0.3) is 0 Å². The van der Waals surface area contributed by atoms with Crippen molar-refractivity contribution < 1.29 is 0 Å². The van der Waals surface area contributed by atoms with E-state index < -0.39 is 0 Å². The fourth-order valence-corrected chi connectivity index (χ4v) is 3.34. The Morgan fingerprint density at radius 3 is 2.52 bits per heavy atom. The molecule has 2 aromatic heterocycles. The second-order valence-electron chi connectivity index (χ2n) is 6.32. The van der Waals surface area contributed by atoms with E-state index in [0.717, 1.165) is 60.7 Å². The van der Waals surface area contributed by atoms with Crippen LogP contribution in [0.5, 0.6) is 0 Å². The van der Waals surface area contributed by atoms with E-state index in [1.807, 2.05) is 18.3 Å². The lowest BCUT2D eigenvalue weighted by molar-refractivity contribution is 0.270. The summed E-state index contributed by atoms with van der Waals surface area (Å²) in [6, 6.07) is 7.97. The number of pyridine rings is 1. The molecule has 0 radical (unpaired) electrons. The number of nitrogens with zero attached hydrogens (tertiary/aromatic N) is 5. The molecule has 1 fully saturated rings. The Labute approximate surface area is 147 Å². The molecule has 0 unspecified atom stereocenters. The van der Waals surface area contributed by atoms with E-state index in [9.17, 15) is 0 Å².